The van der Waals surface area contributed by atoms with Gasteiger partial charge in [-0.25, -0.2) is 8.78 Å². The predicted molar refractivity (Wildman–Crippen MR) is 70.9 cm³/mol. The molecule has 1 atom stereocenters. The first kappa shape index (κ1) is 13.0. The van der Waals surface area contributed by atoms with E-state index >= 15 is 0 Å². The summed E-state index contributed by atoms with van der Waals surface area (Å²) < 4.78 is 27.3. The third-order valence-electron chi connectivity index (χ3n) is 3.56. The second kappa shape index (κ2) is 4.69. The molecule has 1 unspecified atom stereocenters. The molecular formula is C14H18F2N2. The fourth-order valence-electron chi connectivity index (χ4n) is 2.55. The van der Waals surface area contributed by atoms with Crippen molar-refractivity contribution in [2.75, 3.05) is 32.6 Å². The number of likely N-dealkylation sites (N-methyl/N-ethyl adjacent to an activating group) is 2. The van der Waals surface area contributed by atoms with Crippen molar-refractivity contribution in [1.82, 2.24) is 4.90 Å². The molecule has 0 amide bonds. The van der Waals surface area contributed by atoms with Crippen LogP contribution in [0.3, 0.4) is 0 Å². The number of hydrogen-bond donors (Lipinski definition) is 0. The van der Waals surface area contributed by atoms with Crippen LogP contribution in [-0.4, -0.2) is 38.6 Å². The smallest absolute Gasteiger partial charge is 0.168 e. The monoisotopic (exact) mass is 252 g/mol. The molecule has 1 heterocycles. The summed E-state index contributed by atoms with van der Waals surface area (Å²) in [5.41, 5.74) is 1.88. The molecule has 0 N–H and O–H groups in total. The molecule has 0 bridgehead atoms. The summed E-state index contributed by atoms with van der Waals surface area (Å²) in [5.74, 6) is -1.60. The Balaban J connectivity index is 2.55. The Morgan fingerprint density at radius 3 is 2.67 bits per heavy atom. The largest absolute Gasteiger partial charge is 0.372 e. The molecule has 2 nitrogen and oxygen atoms in total. The van der Waals surface area contributed by atoms with E-state index in [0.29, 0.717) is 6.04 Å². The first-order valence-corrected chi connectivity index (χ1v) is 5.96. The third-order valence-corrected chi connectivity index (χ3v) is 3.56. The molecule has 0 saturated heterocycles. The van der Waals surface area contributed by atoms with Crippen LogP contribution in [0.2, 0.25) is 0 Å². The van der Waals surface area contributed by atoms with Gasteiger partial charge in [0, 0.05) is 25.2 Å². The minimum absolute atomic E-state index is 0.268. The van der Waals surface area contributed by atoms with Crippen LogP contribution < -0.4 is 4.90 Å². The molecule has 18 heavy (non-hydrogen) atoms. The molecular weight excluding hydrogens is 234 g/mol. The zero-order valence-corrected chi connectivity index (χ0v) is 11.0. The van der Waals surface area contributed by atoms with Crippen molar-refractivity contribution in [3.05, 3.63) is 35.4 Å². The van der Waals surface area contributed by atoms with Gasteiger partial charge in [-0.15, -0.1) is 0 Å². The molecule has 0 fully saturated rings. The van der Waals surface area contributed by atoms with Crippen LogP contribution in [0, 0.1) is 11.6 Å². The maximum atomic E-state index is 13.7. The minimum Gasteiger partial charge on any atom is -0.372 e. The maximum absolute atomic E-state index is 13.7. The van der Waals surface area contributed by atoms with Gasteiger partial charge in [-0.2, -0.15) is 0 Å². The highest BCUT2D eigenvalue weighted by Crippen LogP contribution is 2.34. The molecule has 1 aliphatic heterocycles. The van der Waals surface area contributed by atoms with Gasteiger partial charge in [-0.05, 0) is 32.1 Å². The average molecular weight is 252 g/mol. The zero-order chi connectivity index (χ0) is 13.4. The number of nitrogens with zero attached hydrogens (tertiary/aromatic N) is 2. The first-order valence-electron chi connectivity index (χ1n) is 5.96. The van der Waals surface area contributed by atoms with Gasteiger partial charge in [0.25, 0.3) is 0 Å². The Labute approximate surface area is 107 Å². The Morgan fingerprint density at radius 1 is 1.44 bits per heavy atom. The molecule has 4 heteroatoms. The van der Waals surface area contributed by atoms with Gasteiger partial charge in [-0.1, -0.05) is 12.7 Å². The highest BCUT2D eigenvalue weighted by atomic mass is 19.2. The van der Waals surface area contributed by atoms with Crippen molar-refractivity contribution in [2.45, 2.75) is 12.5 Å². The van der Waals surface area contributed by atoms with Gasteiger partial charge >= 0.3 is 0 Å². The van der Waals surface area contributed by atoms with Gasteiger partial charge in [0.2, 0.25) is 0 Å². The fourth-order valence-corrected chi connectivity index (χ4v) is 2.55. The molecule has 0 aromatic heterocycles. The number of anilines is 1. The van der Waals surface area contributed by atoms with E-state index in [9.17, 15) is 8.78 Å². The lowest BCUT2D eigenvalue weighted by Crippen LogP contribution is -2.44. The normalized spacial score (nSPS) is 19.0. The van der Waals surface area contributed by atoms with Crippen LogP contribution in [0.4, 0.5) is 14.5 Å². The van der Waals surface area contributed by atoms with Crippen molar-refractivity contribution in [3.8, 4) is 0 Å². The molecule has 98 valence electrons. The minimum atomic E-state index is -0.807. The van der Waals surface area contributed by atoms with E-state index < -0.39 is 11.6 Å². The van der Waals surface area contributed by atoms with E-state index in [0.717, 1.165) is 24.2 Å². The van der Waals surface area contributed by atoms with Crippen LogP contribution in [0.25, 0.3) is 6.08 Å². The van der Waals surface area contributed by atoms with E-state index in [-0.39, 0.29) is 5.56 Å². The molecule has 2 rings (SSSR count). The van der Waals surface area contributed by atoms with Crippen LogP contribution in [0.5, 0.6) is 0 Å². The van der Waals surface area contributed by atoms with E-state index in [4.69, 9.17) is 0 Å². The summed E-state index contributed by atoms with van der Waals surface area (Å²) in [6.45, 7) is 4.38. The number of rotatable bonds is 2. The van der Waals surface area contributed by atoms with E-state index in [2.05, 4.69) is 11.5 Å². The molecule has 0 aliphatic carbocycles. The summed E-state index contributed by atoms with van der Waals surface area (Å²) >= 11 is 0. The average Bonchev–Trinajstić information content (AvgIpc) is 2.31. The van der Waals surface area contributed by atoms with Crippen LogP contribution >= 0.6 is 0 Å². The van der Waals surface area contributed by atoms with Gasteiger partial charge in [-0.3, -0.25) is 0 Å². The Bertz CT molecular complexity index is 483. The SMILES string of the molecule is C=Cc1c(F)c(F)cc2c1N(C)CC(N(C)C)C2. The lowest BCUT2D eigenvalue weighted by Gasteiger charge is -2.37. The maximum Gasteiger partial charge on any atom is 0.168 e. The molecule has 0 radical (unpaired) electrons. The summed E-state index contributed by atoms with van der Waals surface area (Å²) in [6, 6.07) is 1.62. The second-order valence-corrected chi connectivity index (χ2v) is 5.00. The number of fused-ring (bicyclic) bond motifs is 1. The van der Waals surface area contributed by atoms with Crippen molar-refractivity contribution >= 4 is 11.8 Å². The number of halogens is 2. The molecule has 1 aromatic rings. The highest BCUT2D eigenvalue weighted by Gasteiger charge is 2.28. The molecule has 1 aliphatic rings. The van der Waals surface area contributed by atoms with Crippen LogP contribution in [-0.2, 0) is 6.42 Å². The van der Waals surface area contributed by atoms with Gasteiger partial charge < -0.3 is 9.80 Å². The molecule has 1 aromatic carbocycles. The summed E-state index contributed by atoms with van der Waals surface area (Å²) in [5, 5.41) is 0. The summed E-state index contributed by atoms with van der Waals surface area (Å²) in [6.07, 6.45) is 2.12. The topological polar surface area (TPSA) is 6.48 Å². The highest BCUT2D eigenvalue weighted by molar-refractivity contribution is 5.72. The lowest BCUT2D eigenvalue weighted by molar-refractivity contribution is 0.288. The Kier molecular flexibility index (Phi) is 3.39. The Morgan fingerprint density at radius 2 is 2.11 bits per heavy atom. The summed E-state index contributed by atoms with van der Waals surface area (Å²) in [7, 11) is 5.90. The molecule has 0 spiro atoms. The fraction of sp³-hybridized carbons (Fsp3) is 0.429. The van der Waals surface area contributed by atoms with E-state index in [1.165, 1.54) is 12.1 Å². The van der Waals surface area contributed by atoms with E-state index in [1.54, 1.807) is 0 Å². The van der Waals surface area contributed by atoms with Crippen molar-refractivity contribution in [2.24, 2.45) is 0 Å². The predicted octanol–water partition coefficient (Wildman–Crippen LogP) is 2.53. The van der Waals surface area contributed by atoms with Gasteiger partial charge in [0.15, 0.2) is 11.6 Å². The van der Waals surface area contributed by atoms with Crippen molar-refractivity contribution in [3.63, 3.8) is 0 Å². The van der Waals surface area contributed by atoms with Crippen LogP contribution in [0.1, 0.15) is 11.1 Å². The van der Waals surface area contributed by atoms with Crippen molar-refractivity contribution in [1.29, 1.82) is 0 Å². The van der Waals surface area contributed by atoms with Crippen LogP contribution in [0.15, 0.2) is 12.6 Å². The standard InChI is InChI=1S/C14H18F2N2/c1-5-11-13(16)12(15)7-9-6-10(17(2)3)8-18(4)14(9)11/h5,7,10H,1,6,8H2,2-4H3. The Hall–Kier alpha value is -1.42. The second-order valence-electron chi connectivity index (χ2n) is 5.00. The van der Waals surface area contributed by atoms with Gasteiger partial charge in [0.05, 0.1) is 5.69 Å². The first-order chi connectivity index (χ1) is 8.45. The zero-order valence-electron chi connectivity index (χ0n) is 11.0. The third kappa shape index (κ3) is 2.01. The van der Waals surface area contributed by atoms with Gasteiger partial charge in [0.1, 0.15) is 0 Å². The molecule has 0 saturated carbocycles. The lowest BCUT2D eigenvalue weighted by atomic mass is 9.94. The van der Waals surface area contributed by atoms with Crippen molar-refractivity contribution < 1.29 is 8.78 Å². The quantitative estimate of drug-likeness (QED) is 0.798. The summed E-state index contributed by atoms with van der Waals surface area (Å²) in [4.78, 5) is 4.08. The number of benzene rings is 1. The van der Waals surface area contributed by atoms with E-state index in [1.807, 2.05) is 26.0 Å². The number of hydrogen-bond acceptors (Lipinski definition) is 2.